The number of piperidine rings is 1. The summed E-state index contributed by atoms with van der Waals surface area (Å²) < 4.78 is 32.1. The van der Waals surface area contributed by atoms with Crippen molar-refractivity contribution in [2.24, 2.45) is 11.7 Å². The predicted molar refractivity (Wildman–Crippen MR) is 84.4 cm³/mol. The second kappa shape index (κ2) is 7.40. The van der Waals surface area contributed by atoms with Crippen LogP contribution in [-0.2, 0) is 14.8 Å². The molecule has 1 fully saturated rings. The van der Waals surface area contributed by atoms with Gasteiger partial charge in [-0.2, -0.15) is 4.31 Å². The number of ether oxygens (including phenoxy) is 1. The van der Waals surface area contributed by atoms with Gasteiger partial charge in [-0.1, -0.05) is 0 Å². The van der Waals surface area contributed by atoms with Gasteiger partial charge >= 0.3 is 0 Å². The quantitative estimate of drug-likeness (QED) is 0.767. The SMILES string of the molecule is COc1ccsc1S(=O)(=O)N1CCCC(C(=O)NCCN)C1. The van der Waals surface area contributed by atoms with Crippen molar-refractivity contribution < 1.29 is 17.9 Å². The van der Waals surface area contributed by atoms with Crippen LogP contribution in [0.3, 0.4) is 0 Å². The summed E-state index contributed by atoms with van der Waals surface area (Å²) in [7, 11) is -2.18. The summed E-state index contributed by atoms with van der Waals surface area (Å²) in [5, 5.41) is 4.41. The zero-order valence-electron chi connectivity index (χ0n) is 12.4. The van der Waals surface area contributed by atoms with Gasteiger partial charge in [0.05, 0.1) is 13.0 Å². The second-order valence-electron chi connectivity index (χ2n) is 5.06. The average Bonchev–Trinajstić information content (AvgIpc) is 3.02. The number of sulfonamides is 1. The molecule has 1 aromatic rings. The number of hydrogen-bond acceptors (Lipinski definition) is 6. The molecule has 9 heteroatoms. The highest BCUT2D eigenvalue weighted by atomic mass is 32.2. The molecular formula is C13H21N3O4S2. The summed E-state index contributed by atoms with van der Waals surface area (Å²) in [6.45, 7) is 1.39. The zero-order valence-corrected chi connectivity index (χ0v) is 14.1. The lowest BCUT2D eigenvalue weighted by Crippen LogP contribution is -2.46. The van der Waals surface area contributed by atoms with Crippen LogP contribution in [0, 0.1) is 5.92 Å². The van der Waals surface area contributed by atoms with E-state index in [1.807, 2.05) is 0 Å². The molecule has 3 N–H and O–H groups in total. The lowest BCUT2D eigenvalue weighted by atomic mass is 9.99. The van der Waals surface area contributed by atoms with Crippen LogP contribution >= 0.6 is 11.3 Å². The standard InChI is InChI=1S/C13H21N3O4S2/c1-20-11-4-8-21-13(11)22(18,19)16-7-2-3-10(9-16)12(17)15-6-5-14/h4,8,10H,2-3,5-7,9,14H2,1H3,(H,15,17). The van der Waals surface area contributed by atoms with E-state index in [4.69, 9.17) is 10.5 Å². The van der Waals surface area contributed by atoms with E-state index < -0.39 is 10.0 Å². The van der Waals surface area contributed by atoms with Crippen LogP contribution < -0.4 is 15.8 Å². The van der Waals surface area contributed by atoms with E-state index in [-0.39, 0.29) is 22.6 Å². The van der Waals surface area contributed by atoms with Gasteiger partial charge in [0.25, 0.3) is 10.0 Å². The molecule has 1 aliphatic heterocycles. The first-order valence-corrected chi connectivity index (χ1v) is 9.42. The molecule has 1 amide bonds. The Morgan fingerprint density at radius 2 is 2.36 bits per heavy atom. The van der Waals surface area contributed by atoms with Crippen LogP contribution in [0.15, 0.2) is 15.7 Å². The maximum absolute atomic E-state index is 12.7. The Kier molecular flexibility index (Phi) is 5.79. The van der Waals surface area contributed by atoms with Crippen LogP contribution in [0.2, 0.25) is 0 Å². The number of nitrogens with two attached hydrogens (primary N) is 1. The van der Waals surface area contributed by atoms with Crippen LogP contribution in [0.4, 0.5) is 0 Å². The first-order valence-electron chi connectivity index (χ1n) is 7.10. The molecule has 0 bridgehead atoms. The third-order valence-electron chi connectivity index (χ3n) is 3.59. The molecule has 1 aromatic heterocycles. The maximum Gasteiger partial charge on any atom is 0.256 e. The normalized spacial score (nSPS) is 19.8. The summed E-state index contributed by atoms with van der Waals surface area (Å²) >= 11 is 1.13. The smallest absolute Gasteiger partial charge is 0.256 e. The molecule has 22 heavy (non-hydrogen) atoms. The highest BCUT2D eigenvalue weighted by Crippen LogP contribution is 2.33. The Hall–Kier alpha value is -1.16. The molecule has 1 aliphatic rings. The number of carbonyl (C=O) groups is 1. The minimum atomic E-state index is -3.63. The molecule has 124 valence electrons. The molecule has 2 rings (SSSR count). The predicted octanol–water partition coefficient (Wildman–Crippen LogP) is 0.232. The van der Waals surface area contributed by atoms with Crippen molar-refractivity contribution in [2.75, 3.05) is 33.3 Å². The van der Waals surface area contributed by atoms with E-state index in [1.54, 1.807) is 11.4 Å². The fourth-order valence-electron chi connectivity index (χ4n) is 2.45. The zero-order chi connectivity index (χ0) is 16.2. The lowest BCUT2D eigenvalue weighted by Gasteiger charge is -2.30. The van der Waals surface area contributed by atoms with Crippen molar-refractivity contribution in [1.82, 2.24) is 9.62 Å². The fourth-order valence-corrected chi connectivity index (χ4v) is 5.39. The Morgan fingerprint density at radius 3 is 3.05 bits per heavy atom. The van der Waals surface area contributed by atoms with Gasteiger partial charge in [0, 0.05) is 26.2 Å². The summed E-state index contributed by atoms with van der Waals surface area (Å²) in [5.41, 5.74) is 5.37. The van der Waals surface area contributed by atoms with E-state index in [0.29, 0.717) is 38.2 Å². The first kappa shape index (κ1) is 17.2. The molecular weight excluding hydrogens is 326 g/mol. The van der Waals surface area contributed by atoms with Gasteiger partial charge in [-0.15, -0.1) is 11.3 Å². The van der Waals surface area contributed by atoms with E-state index in [2.05, 4.69) is 5.32 Å². The second-order valence-corrected chi connectivity index (χ2v) is 8.11. The van der Waals surface area contributed by atoms with Gasteiger partial charge < -0.3 is 15.8 Å². The summed E-state index contributed by atoms with van der Waals surface area (Å²) in [6, 6.07) is 1.63. The van der Waals surface area contributed by atoms with E-state index >= 15 is 0 Å². The fraction of sp³-hybridized carbons (Fsp3) is 0.615. The minimum absolute atomic E-state index is 0.136. The molecule has 1 saturated heterocycles. The molecule has 0 spiro atoms. The first-order chi connectivity index (χ1) is 10.5. The monoisotopic (exact) mass is 347 g/mol. The number of amides is 1. The lowest BCUT2D eigenvalue weighted by molar-refractivity contribution is -0.126. The summed E-state index contributed by atoms with van der Waals surface area (Å²) in [6.07, 6.45) is 1.34. The third-order valence-corrected chi connectivity index (χ3v) is 6.88. The van der Waals surface area contributed by atoms with Crippen molar-refractivity contribution in [3.8, 4) is 5.75 Å². The molecule has 7 nitrogen and oxygen atoms in total. The number of nitrogens with one attached hydrogen (secondary N) is 1. The minimum Gasteiger partial charge on any atom is -0.494 e. The van der Waals surface area contributed by atoms with Crippen LogP contribution in [0.5, 0.6) is 5.75 Å². The molecule has 0 saturated carbocycles. The largest absolute Gasteiger partial charge is 0.494 e. The van der Waals surface area contributed by atoms with Gasteiger partial charge in [-0.3, -0.25) is 4.79 Å². The Morgan fingerprint density at radius 1 is 1.59 bits per heavy atom. The number of nitrogens with zero attached hydrogens (tertiary/aromatic N) is 1. The third kappa shape index (κ3) is 3.60. The van der Waals surface area contributed by atoms with E-state index in [0.717, 1.165) is 11.3 Å². The van der Waals surface area contributed by atoms with Gasteiger partial charge in [-0.05, 0) is 24.3 Å². The number of rotatable bonds is 6. The summed E-state index contributed by atoms with van der Waals surface area (Å²) in [5.74, 6) is -0.121. The van der Waals surface area contributed by atoms with Crippen molar-refractivity contribution in [2.45, 2.75) is 17.1 Å². The Bertz CT molecular complexity index is 615. The van der Waals surface area contributed by atoms with E-state index in [9.17, 15) is 13.2 Å². The highest BCUT2D eigenvalue weighted by Gasteiger charge is 2.35. The summed E-state index contributed by atoms with van der Waals surface area (Å²) in [4.78, 5) is 12.0. The number of hydrogen-bond donors (Lipinski definition) is 2. The van der Waals surface area contributed by atoms with Crippen LogP contribution in [0.1, 0.15) is 12.8 Å². The van der Waals surface area contributed by atoms with Crippen molar-refractivity contribution >= 4 is 27.3 Å². The van der Waals surface area contributed by atoms with E-state index in [1.165, 1.54) is 11.4 Å². The Labute approximate surface area is 134 Å². The Balaban J connectivity index is 2.13. The molecule has 2 heterocycles. The van der Waals surface area contributed by atoms with Gasteiger partial charge in [0.1, 0.15) is 5.75 Å². The van der Waals surface area contributed by atoms with Crippen LogP contribution in [-0.4, -0.2) is 51.9 Å². The van der Waals surface area contributed by atoms with Crippen LogP contribution in [0.25, 0.3) is 0 Å². The van der Waals surface area contributed by atoms with Gasteiger partial charge in [0.2, 0.25) is 5.91 Å². The van der Waals surface area contributed by atoms with Crippen molar-refractivity contribution in [3.05, 3.63) is 11.4 Å². The average molecular weight is 347 g/mol. The molecule has 0 aromatic carbocycles. The maximum atomic E-state index is 12.7. The molecule has 1 unspecified atom stereocenters. The van der Waals surface area contributed by atoms with Crippen molar-refractivity contribution in [1.29, 1.82) is 0 Å². The number of thiophene rings is 1. The van der Waals surface area contributed by atoms with Gasteiger partial charge in [0.15, 0.2) is 4.21 Å². The topological polar surface area (TPSA) is 102 Å². The van der Waals surface area contributed by atoms with Crippen molar-refractivity contribution in [3.63, 3.8) is 0 Å². The number of carbonyl (C=O) groups excluding carboxylic acids is 1. The molecule has 0 aliphatic carbocycles. The molecule has 0 radical (unpaired) electrons. The highest BCUT2D eigenvalue weighted by molar-refractivity contribution is 7.91. The number of methoxy groups -OCH3 is 1. The molecule has 1 atom stereocenters. The van der Waals surface area contributed by atoms with Gasteiger partial charge in [-0.25, -0.2) is 8.42 Å².